The first-order valence-corrected chi connectivity index (χ1v) is 12.3. The molecule has 0 saturated heterocycles. The Kier molecular flexibility index (Phi) is 6.46. The van der Waals surface area contributed by atoms with E-state index < -0.39 is 0 Å². The summed E-state index contributed by atoms with van der Waals surface area (Å²) in [7, 11) is 3.19. The maximum Gasteiger partial charge on any atom is 0.277 e. The zero-order valence-electron chi connectivity index (χ0n) is 18.6. The summed E-state index contributed by atoms with van der Waals surface area (Å²) in [6, 6.07) is 21.5. The molecule has 0 atom stereocenters. The third kappa shape index (κ3) is 4.49. The van der Waals surface area contributed by atoms with Gasteiger partial charge in [-0.15, -0.1) is 10.2 Å². The van der Waals surface area contributed by atoms with E-state index in [-0.39, 0.29) is 11.7 Å². The molecule has 1 aliphatic rings. The van der Waals surface area contributed by atoms with Gasteiger partial charge in [0.05, 0.1) is 37.8 Å². The van der Waals surface area contributed by atoms with Crippen molar-refractivity contribution in [2.45, 2.75) is 21.4 Å². The number of hydrogen-bond acceptors (Lipinski definition) is 8. The van der Waals surface area contributed by atoms with Gasteiger partial charge in [0.15, 0.2) is 11.5 Å². The van der Waals surface area contributed by atoms with E-state index in [2.05, 4.69) is 10.2 Å². The lowest BCUT2D eigenvalue weighted by atomic mass is 10.1. The van der Waals surface area contributed by atoms with E-state index in [1.807, 2.05) is 66.7 Å². The first kappa shape index (κ1) is 22.4. The third-order valence-electron chi connectivity index (χ3n) is 5.25. The maximum absolute atomic E-state index is 13.3. The summed E-state index contributed by atoms with van der Waals surface area (Å²) >= 11 is 2.90. The van der Waals surface area contributed by atoms with Crippen LogP contribution in [-0.2, 0) is 11.2 Å². The van der Waals surface area contributed by atoms with E-state index in [9.17, 15) is 4.79 Å². The number of benzene rings is 3. The monoisotopic (exact) mass is 491 g/mol. The molecule has 7 nitrogen and oxygen atoms in total. The van der Waals surface area contributed by atoms with Crippen LogP contribution in [0.15, 0.2) is 86.2 Å². The number of carbonyl (C=O) groups excluding carboxylic acids is 1. The van der Waals surface area contributed by atoms with Gasteiger partial charge in [-0.05, 0) is 42.0 Å². The zero-order chi connectivity index (χ0) is 23.5. The molecule has 0 saturated carbocycles. The molecule has 0 aliphatic carbocycles. The van der Waals surface area contributed by atoms with Gasteiger partial charge in [-0.3, -0.25) is 9.69 Å². The molecule has 1 amide bonds. The molecule has 1 aliphatic heterocycles. The molecule has 2 heterocycles. The number of rotatable bonds is 7. The lowest BCUT2D eigenvalue weighted by molar-refractivity contribution is -0.115. The number of methoxy groups -OCH3 is 2. The summed E-state index contributed by atoms with van der Waals surface area (Å²) in [5.41, 5.74) is 2.72. The Bertz CT molecular complexity index is 1300. The Morgan fingerprint density at radius 2 is 1.62 bits per heavy atom. The Labute approximate surface area is 205 Å². The van der Waals surface area contributed by atoms with Gasteiger partial charge < -0.3 is 13.9 Å². The summed E-state index contributed by atoms with van der Waals surface area (Å²) in [4.78, 5) is 17.2. The number of fused-ring (bicyclic) bond motifs is 2. The van der Waals surface area contributed by atoms with Gasteiger partial charge in [-0.2, -0.15) is 0 Å². The van der Waals surface area contributed by atoms with E-state index in [0.29, 0.717) is 29.0 Å². The molecule has 172 valence electrons. The summed E-state index contributed by atoms with van der Waals surface area (Å²) in [5.74, 6) is 1.88. The quantitative estimate of drug-likeness (QED) is 0.309. The number of carbonyl (C=O) groups is 1. The predicted molar refractivity (Wildman–Crippen MR) is 132 cm³/mol. The first-order chi connectivity index (χ1) is 16.7. The minimum atomic E-state index is -0.0511. The lowest BCUT2D eigenvalue weighted by Gasteiger charge is -2.30. The summed E-state index contributed by atoms with van der Waals surface area (Å²) in [5, 5.41) is 8.60. The number of hydrogen-bond donors (Lipinski definition) is 0. The largest absolute Gasteiger partial charge is 0.493 e. The number of ether oxygens (including phenoxy) is 2. The highest BCUT2D eigenvalue weighted by molar-refractivity contribution is 8.00. The fourth-order valence-electron chi connectivity index (χ4n) is 3.69. The molecule has 9 heteroatoms. The average Bonchev–Trinajstić information content (AvgIpc) is 3.32. The molecular weight excluding hydrogens is 470 g/mol. The topological polar surface area (TPSA) is 77.7 Å². The van der Waals surface area contributed by atoms with Gasteiger partial charge in [-0.1, -0.05) is 53.9 Å². The molecule has 34 heavy (non-hydrogen) atoms. The van der Waals surface area contributed by atoms with Gasteiger partial charge in [0.25, 0.3) is 5.22 Å². The van der Waals surface area contributed by atoms with Crippen LogP contribution >= 0.6 is 23.5 Å². The van der Waals surface area contributed by atoms with Gasteiger partial charge in [0.2, 0.25) is 11.8 Å². The van der Waals surface area contributed by atoms with Crippen molar-refractivity contribution in [2.24, 2.45) is 0 Å². The number of amides is 1. The van der Waals surface area contributed by atoms with Gasteiger partial charge in [-0.25, -0.2) is 0 Å². The van der Waals surface area contributed by atoms with Crippen LogP contribution in [0, 0.1) is 0 Å². The minimum absolute atomic E-state index is 0.0511. The molecule has 5 rings (SSSR count). The van der Waals surface area contributed by atoms with Crippen LogP contribution < -0.4 is 14.4 Å². The molecule has 0 fully saturated rings. The smallest absolute Gasteiger partial charge is 0.277 e. The van der Waals surface area contributed by atoms with Crippen molar-refractivity contribution in [3.8, 4) is 11.5 Å². The van der Waals surface area contributed by atoms with Gasteiger partial charge in [0.1, 0.15) is 0 Å². The van der Waals surface area contributed by atoms with Crippen LogP contribution in [-0.4, -0.2) is 36.1 Å². The van der Waals surface area contributed by atoms with Crippen molar-refractivity contribution in [2.75, 3.05) is 24.9 Å². The van der Waals surface area contributed by atoms with Crippen molar-refractivity contribution in [1.82, 2.24) is 10.2 Å². The second kappa shape index (κ2) is 9.82. The van der Waals surface area contributed by atoms with Crippen molar-refractivity contribution >= 4 is 40.8 Å². The Hall–Kier alpha value is -3.43. The Balaban J connectivity index is 1.29. The number of thioether (sulfide) groups is 1. The maximum atomic E-state index is 13.3. The first-order valence-electron chi connectivity index (χ1n) is 10.5. The minimum Gasteiger partial charge on any atom is -0.493 e. The van der Waals surface area contributed by atoms with E-state index >= 15 is 0 Å². The standard InChI is InChI=1S/C25H21N3O4S2/c1-30-19-12-11-16(13-20(19)31-2)14-23-26-27-25(32-23)33-15-24(29)28-17-7-3-5-9-21(17)34-22-10-6-4-8-18(22)28/h3-13H,14-15H2,1-2H3. The molecule has 0 N–H and O–H groups in total. The Morgan fingerprint density at radius 3 is 2.29 bits per heavy atom. The van der Waals surface area contributed by atoms with Crippen LogP contribution in [0.25, 0.3) is 0 Å². The van der Waals surface area contributed by atoms with E-state index in [4.69, 9.17) is 13.9 Å². The van der Waals surface area contributed by atoms with Crippen molar-refractivity contribution in [3.05, 3.63) is 78.2 Å². The third-order valence-corrected chi connectivity index (χ3v) is 7.19. The number of anilines is 2. The fraction of sp³-hybridized carbons (Fsp3) is 0.160. The lowest BCUT2D eigenvalue weighted by Crippen LogP contribution is -2.29. The molecule has 1 aromatic heterocycles. The van der Waals surface area contributed by atoms with Crippen molar-refractivity contribution < 1.29 is 18.7 Å². The zero-order valence-corrected chi connectivity index (χ0v) is 20.2. The predicted octanol–water partition coefficient (Wildman–Crippen LogP) is 5.60. The normalized spacial score (nSPS) is 12.1. The van der Waals surface area contributed by atoms with Crippen LogP contribution in [0.4, 0.5) is 11.4 Å². The van der Waals surface area contributed by atoms with Crippen LogP contribution in [0.3, 0.4) is 0 Å². The van der Waals surface area contributed by atoms with Crippen LogP contribution in [0.2, 0.25) is 0 Å². The molecule has 0 unspecified atom stereocenters. The highest BCUT2D eigenvalue weighted by atomic mass is 32.2. The van der Waals surface area contributed by atoms with E-state index in [0.717, 1.165) is 26.7 Å². The second-order valence-electron chi connectivity index (χ2n) is 7.38. The second-order valence-corrected chi connectivity index (χ2v) is 9.39. The number of para-hydroxylation sites is 2. The molecular formula is C25H21N3O4S2. The highest BCUT2D eigenvalue weighted by Gasteiger charge is 2.28. The van der Waals surface area contributed by atoms with Crippen LogP contribution in [0.5, 0.6) is 11.5 Å². The van der Waals surface area contributed by atoms with Crippen LogP contribution in [0.1, 0.15) is 11.5 Å². The summed E-state index contributed by atoms with van der Waals surface area (Å²) in [6.45, 7) is 0. The average molecular weight is 492 g/mol. The van der Waals surface area contributed by atoms with Crippen molar-refractivity contribution in [1.29, 1.82) is 0 Å². The molecule has 0 spiro atoms. The number of nitrogens with zero attached hydrogens (tertiary/aromatic N) is 3. The van der Waals surface area contributed by atoms with E-state index in [1.165, 1.54) is 11.8 Å². The SMILES string of the molecule is COc1ccc(Cc2nnc(SCC(=O)N3c4ccccc4Sc4ccccc43)o2)cc1OC. The molecule has 0 bridgehead atoms. The highest BCUT2D eigenvalue weighted by Crippen LogP contribution is 2.48. The number of aromatic nitrogens is 2. The fourth-order valence-corrected chi connectivity index (χ4v) is 5.38. The van der Waals surface area contributed by atoms with Gasteiger partial charge in [0, 0.05) is 9.79 Å². The Morgan fingerprint density at radius 1 is 0.941 bits per heavy atom. The summed E-state index contributed by atoms with van der Waals surface area (Å²) in [6.07, 6.45) is 0.450. The van der Waals surface area contributed by atoms with E-state index in [1.54, 1.807) is 30.9 Å². The molecule has 4 aromatic rings. The summed E-state index contributed by atoms with van der Waals surface area (Å²) < 4.78 is 16.4. The molecule has 3 aromatic carbocycles. The molecule has 0 radical (unpaired) electrons. The van der Waals surface area contributed by atoms with Crippen molar-refractivity contribution in [3.63, 3.8) is 0 Å². The van der Waals surface area contributed by atoms with Gasteiger partial charge >= 0.3 is 0 Å².